The zero-order valence-corrected chi connectivity index (χ0v) is 31.8. The molecule has 0 bridgehead atoms. The summed E-state index contributed by atoms with van der Waals surface area (Å²) in [5, 5.41) is -6.24. The third-order valence-electron chi connectivity index (χ3n) is 7.02. The number of benzene rings is 1. The molecule has 1 aromatic carbocycles. The summed E-state index contributed by atoms with van der Waals surface area (Å²) in [4.78, 5) is 48.5. The Morgan fingerprint density at radius 3 is 1.16 bits per heavy atom. The summed E-state index contributed by atoms with van der Waals surface area (Å²) in [5.74, 6) is -0.0182. The van der Waals surface area contributed by atoms with Gasteiger partial charge in [0.1, 0.15) is 10.5 Å². The first kappa shape index (κ1) is 47.1. The molecule has 1 rings (SSSR count). The van der Waals surface area contributed by atoms with Crippen molar-refractivity contribution in [2.45, 2.75) is 100 Å². The van der Waals surface area contributed by atoms with Crippen molar-refractivity contribution in [1.29, 1.82) is 0 Å². The Hall–Kier alpha value is -2.90. The SMILES string of the molecule is CCCC(C(=O)C#CC(=O)C(CCC)S(=O)(=O)OC)S(=O)(=O)O.CCCC(C(=O)c1ccc(C(=O)C(CCC)S(=O)(=O)OC)cc1)S(=O)(=O)O. The Kier molecular flexibility index (Phi) is 19.6. The van der Waals surface area contributed by atoms with E-state index in [1.165, 1.54) is 24.3 Å². The van der Waals surface area contributed by atoms with Crippen molar-refractivity contribution in [3.8, 4) is 11.8 Å². The van der Waals surface area contributed by atoms with Gasteiger partial charge in [-0.05, 0) is 37.5 Å². The Bertz CT molecular complexity index is 1840. The number of Topliss-reactive ketones (excluding diaryl/α,β-unsaturated/α-hetero) is 4. The van der Waals surface area contributed by atoms with Gasteiger partial charge in [-0.15, -0.1) is 0 Å². The summed E-state index contributed by atoms with van der Waals surface area (Å²) in [6.07, 6.45) is 1.31. The number of hydrogen-bond donors (Lipinski definition) is 2. The van der Waals surface area contributed by atoms with Crippen LogP contribution >= 0.6 is 0 Å². The van der Waals surface area contributed by atoms with Crippen LogP contribution in [0.2, 0.25) is 0 Å². The second-order valence-electron chi connectivity index (χ2n) is 10.7. The second kappa shape index (κ2) is 20.8. The van der Waals surface area contributed by atoms with E-state index in [1.807, 2.05) is 11.8 Å². The van der Waals surface area contributed by atoms with Crippen LogP contribution in [0.4, 0.5) is 0 Å². The lowest BCUT2D eigenvalue weighted by Gasteiger charge is -2.15. The van der Waals surface area contributed by atoms with Gasteiger partial charge in [-0.3, -0.25) is 36.6 Å². The van der Waals surface area contributed by atoms with Crippen molar-refractivity contribution in [3.05, 3.63) is 35.4 Å². The fraction of sp³-hybridized carbons (Fsp3) is 0.600. The number of carbonyl (C=O) groups is 4. The molecule has 0 spiro atoms. The van der Waals surface area contributed by atoms with Crippen LogP contribution in [0, 0.1) is 11.8 Å². The smallest absolute Gasteiger partial charge is 0.278 e. The summed E-state index contributed by atoms with van der Waals surface area (Å²) < 4.78 is 119. The molecule has 0 heterocycles. The molecular formula is C30H44O16S4. The topological polar surface area (TPSA) is 264 Å². The molecule has 0 saturated carbocycles. The third-order valence-corrected chi connectivity index (χ3v) is 12.6. The Balaban J connectivity index is 0.000000974. The molecule has 0 amide bonds. The minimum absolute atomic E-state index is 0.00395. The average Bonchev–Trinajstić information content (AvgIpc) is 3.04. The standard InChI is InChI=1S/C17H24O8S2.C13H20O8S2/c1-4-6-14(26(20,21)22)16(18)12-8-10-13(11-9-12)17(19)15(7-5-2)27(23,24)25-3;1-4-6-12(22(16,17)18)10(14)8-9-11(15)13(7-5-2)23(19,20)21-3/h8-11,14-15H,4-7H2,1-3H3,(H,20,21,22);12-13H,4-7H2,1-3H3,(H,16,17,18). The summed E-state index contributed by atoms with van der Waals surface area (Å²) in [7, 11) is -15.5. The van der Waals surface area contributed by atoms with Crippen molar-refractivity contribution in [2.75, 3.05) is 14.2 Å². The maximum Gasteiger partial charge on any atom is 0.278 e. The van der Waals surface area contributed by atoms with Crippen LogP contribution in [0.25, 0.3) is 0 Å². The summed E-state index contributed by atoms with van der Waals surface area (Å²) in [6.45, 7) is 6.67. The van der Waals surface area contributed by atoms with Crippen LogP contribution in [0.5, 0.6) is 0 Å². The lowest BCUT2D eigenvalue weighted by molar-refractivity contribution is -0.115. The highest BCUT2D eigenvalue weighted by molar-refractivity contribution is 7.88. The molecule has 0 aliphatic rings. The van der Waals surface area contributed by atoms with E-state index in [2.05, 4.69) is 8.37 Å². The molecule has 0 radical (unpaired) electrons. The van der Waals surface area contributed by atoms with E-state index in [4.69, 9.17) is 4.55 Å². The zero-order valence-electron chi connectivity index (χ0n) is 28.5. The fourth-order valence-corrected chi connectivity index (χ4v) is 8.42. The molecule has 284 valence electrons. The molecule has 0 saturated heterocycles. The molecule has 50 heavy (non-hydrogen) atoms. The van der Waals surface area contributed by atoms with Gasteiger partial charge in [0, 0.05) is 11.1 Å². The largest absolute Gasteiger partial charge is 0.293 e. The molecule has 0 fully saturated rings. The second-order valence-corrected chi connectivity index (χ2v) is 17.7. The first-order chi connectivity index (χ1) is 23.0. The quantitative estimate of drug-likeness (QED) is 0.0632. The first-order valence-corrected chi connectivity index (χ1v) is 21.2. The molecule has 20 heteroatoms. The van der Waals surface area contributed by atoms with Crippen molar-refractivity contribution >= 4 is 63.6 Å². The molecular weight excluding hydrogens is 745 g/mol. The predicted molar refractivity (Wildman–Crippen MR) is 183 cm³/mol. The van der Waals surface area contributed by atoms with Crippen molar-refractivity contribution < 1.29 is 70.3 Å². The van der Waals surface area contributed by atoms with E-state index < -0.39 is 84.6 Å². The molecule has 1 aromatic rings. The maximum absolute atomic E-state index is 12.5. The zero-order chi connectivity index (χ0) is 39.1. The minimum atomic E-state index is -4.64. The van der Waals surface area contributed by atoms with Gasteiger partial charge in [-0.25, -0.2) is 0 Å². The van der Waals surface area contributed by atoms with Gasteiger partial charge in [0.25, 0.3) is 40.5 Å². The monoisotopic (exact) mass is 788 g/mol. The lowest BCUT2D eigenvalue weighted by atomic mass is 10.00. The normalized spacial score (nSPS) is 14.5. The van der Waals surface area contributed by atoms with Gasteiger partial charge in [-0.1, -0.05) is 77.6 Å². The lowest BCUT2D eigenvalue weighted by Crippen LogP contribution is -2.31. The predicted octanol–water partition coefficient (Wildman–Crippen LogP) is 2.58. The minimum Gasteiger partial charge on any atom is -0.293 e. The third kappa shape index (κ3) is 14.4. The van der Waals surface area contributed by atoms with Gasteiger partial charge < -0.3 is 0 Å². The number of ketones is 4. The number of carbonyl (C=O) groups excluding carboxylic acids is 4. The highest BCUT2D eigenvalue weighted by atomic mass is 32.2. The average molecular weight is 789 g/mol. The van der Waals surface area contributed by atoms with Crippen LogP contribution in [0.15, 0.2) is 24.3 Å². The van der Waals surface area contributed by atoms with Gasteiger partial charge >= 0.3 is 0 Å². The molecule has 0 aromatic heterocycles. The molecule has 0 aliphatic heterocycles. The van der Waals surface area contributed by atoms with E-state index >= 15 is 0 Å². The number of rotatable bonds is 20. The van der Waals surface area contributed by atoms with Crippen molar-refractivity contribution in [2.24, 2.45) is 0 Å². The van der Waals surface area contributed by atoms with Crippen LogP contribution in [-0.4, -0.2) is 101 Å². The maximum atomic E-state index is 12.5. The van der Waals surface area contributed by atoms with Crippen LogP contribution in [0.3, 0.4) is 0 Å². The molecule has 16 nitrogen and oxygen atoms in total. The van der Waals surface area contributed by atoms with Gasteiger partial charge in [0.15, 0.2) is 22.1 Å². The number of hydrogen-bond acceptors (Lipinski definition) is 14. The van der Waals surface area contributed by atoms with Crippen molar-refractivity contribution in [3.63, 3.8) is 0 Å². The Labute approximate surface area is 294 Å². The fourth-order valence-electron chi connectivity index (χ4n) is 4.38. The first-order valence-electron chi connectivity index (χ1n) is 15.3. The molecule has 4 atom stereocenters. The Morgan fingerprint density at radius 2 is 0.820 bits per heavy atom. The van der Waals surface area contributed by atoms with E-state index in [9.17, 15) is 57.4 Å². The Morgan fingerprint density at radius 1 is 0.540 bits per heavy atom. The molecule has 0 aliphatic carbocycles. The summed E-state index contributed by atoms with van der Waals surface area (Å²) in [6, 6.07) is 5.00. The van der Waals surface area contributed by atoms with E-state index in [0.717, 1.165) is 14.2 Å². The van der Waals surface area contributed by atoms with Crippen LogP contribution < -0.4 is 0 Å². The van der Waals surface area contributed by atoms with Gasteiger partial charge in [0.2, 0.25) is 11.6 Å². The van der Waals surface area contributed by atoms with Gasteiger partial charge in [0.05, 0.1) is 14.2 Å². The van der Waals surface area contributed by atoms with E-state index in [-0.39, 0.29) is 36.8 Å². The van der Waals surface area contributed by atoms with Crippen LogP contribution in [0.1, 0.15) is 99.8 Å². The van der Waals surface area contributed by atoms with E-state index in [0.29, 0.717) is 25.7 Å². The van der Waals surface area contributed by atoms with Crippen LogP contribution in [-0.2, 0) is 58.4 Å². The van der Waals surface area contributed by atoms with E-state index in [1.54, 1.807) is 27.7 Å². The summed E-state index contributed by atoms with van der Waals surface area (Å²) >= 11 is 0. The van der Waals surface area contributed by atoms with Crippen molar-refractivity contribution in [1.82, 2.24) is 0 Å². The highest BCUT2D eigenvalue weighted by Gasteiger charge is 2.35. The van der Waals surface area contributed by atoms with Gasteiger partial charge in [-0.2, -0.15) is 33.7 Å². The molecule has 4 unspecified atom stereocenters. The highest BCUT2D eigenvalue weighted by Crippen LogP contribution is 2.20. The summed E-state index contributed by atoms with van der Waals surface area (Å²) in [5.41, 5.74) is 0.0637. The molecule has 2 N–H and O–H groups in total.